The van der Waals surface area contributed by atoms with Crippen LogP contribution in [0.5, 0.6) is 0 Å². The number of benzene rings is 1. The first kappa shape index (κ1) is 16.2. The van der Waals surface area contributed by atoms with Crippen molar-refractivity contribution in [1.29, 1.82) is 0 Å². The molecule has 0 spiro atoms. The van der Waals surface area contributed by atoms with Crippen LogP contribution in [-0.4, -0.2) is 24.0 Å². The van der Waals surface area contributed by atoms with Crippen LogP contribution in [0.4, 0.5) is 5.13 Å². The van der Waals surface area contributed by atoms with Crippen LogP contribution in [0.15, 0.2) is 24.3 Å². The minimum atomic E-state index is -0.435. The lowest BCUT2D eigenvalue weighted by molar-refractivity contribution is -0.116. The normalized spacial score (nSPS) is 10.3. The number of ether oxygens (including phenoxy) is 1. The minimum Gasteiger partial charge on any atom is -0.465 e. The number of carbonyl (C=O) groups excluding carboxylic acids is 2. The number of nitrogens with zero attached hydrogens (tertiary/aromatic N) is 1. The SMILES string of the molecule is COC(=O)c1sc(NC(=O)CCc2ccc(C)cc2)nc1C. The highest BCUT2D eigenvalue weighted by atomic mass is 32.1. The molecule has 1 N–H and O–H groups in total. The second kappa shape index (κ2) is 7.17. The predicted octanol–water partition coefficient (Wildman–Crippen LogP) is 3.12. The molecule has 0 fully saturated rings. The number of methoxy groups -OCH3 is 1. The maximum Gasteiger partial charge on any atom is 0.350 e. The molecule has 6 heteroatoms. The van der Waals surface area contributed by atoms with Crippen molar-refractivity contribution in [1.82, 2.24) is 4.98 Å². The first-order valence-corrected chi connectivity index (χ1v) is 7.72. The van der Waals surface area contributed by atoms with Gasteiger partial charge < -0.3 is 10.1 Å². The zero-order valence-electron chi connectivity index (χ0n) is 12.8. The molecule has 0 unspecified atom stereocenters. The second-order valence-corrected chi connectivity index (χ2v) is 5.96. The van der Waals surface area contributed by atoms with E-state index >= 15 is 0 Å². The fourth-order valence-corrected chi connectivity index (χ4v) is 2.83. The Morgan fingerprint density at radius 2 is 1.91 bits per heavy atom. The summed E-state index contributed by atoms with van der Waals surface area (Å²) >= 11 is 1.13. The molecule has 0 radical (unpaired) electrons. The van der Waals surface area contributed by atoms with E-state index in [-0.39, 0.29) is 5.91 Å². The molecule has 1 amide bonds. The molecular formula is C16H18N2O3S. The van der Waals surface area contributed by atoms with E-state index in [2.05, 4.69) is 15.0 Å². The van der Waals surface area contributed by atoms with Crippen molar-refractivity contribution in [3.63, 3.8) is 0 Å². The summed E-state index contributed by atoms with van der Waals surface area (Å²) in [5.74, 6) is -0.555. The summed E-state index contributed by atoms with van der Waals surface area (Å²) in [5, 5.41) is 3.15. The molecule has 22 heavy (non-hydrogen) atoms. The summed E-state index contributed by atoms with van der Waals surface area (Å²) in [5.41, 5.74) is 2.87. The van der Waals surface area contributed by atoms with Crippen molar-refractivity contribution in [3.8, 4) is 0 Å². The second-order valence-electron chi connectivity index (χ2n) is 4.96. The number of amides is 1. The Morgan fingerprint density at radius 3 is 2.55 bits per heavy atom. The monoisotopic (exact) mass is 318 g/mol. The van der Waals surface area contributed by atoms with Crippen LogP contribution in [-0.2, 0) is 16.0 Å². The quantitative estimate of drug-likeness (QED) is 0.860. The number of nitrogens with one attached hydrogen (secondary N) is 1. The number of aryl methyl sites for hydroxylation is 3. The van der Waals surface area contributed by atoms with Crippen LogP contribution in [0.3, 0.4) is 0 Å². The fourth-order valence-electron chi connectivity index (χ4n) is 1.93. The lowest BCUT2D eigenvalue weighted by atomic mass is 10.1. The van der Waals surface area contributed by atoms with E-state index in [4.69, 9.17) is 0 Å². The minimum absolute atomic E-state index is 0.120. The largest absolute Gasteiger partial charge is 0.465 e. The third kappa shape index (κ3) is 4.14. The van der Waals surface area contributed by atoms with Gasteiger partial charge in [-0.1, -0.05) is 41.2 Å². The van der Waals surface area contributed by atoms with Gasteiger partial charge in [0, 0.05) is 6.42 Å². The van der Waals surface area contributed by atoms with Crippen molar-refractivity contribution in [2.75, 3.05) is 12.4 Å². The summed E-state index contributed by atoms with van der Waals surface area (Å²) < 4.78 is 4.67. The first-order valence-electron chi connectivity index (χ1n) is 6.90. The summed E-state index contributed by atoms with van der Waals surface area (Å²) in [7, 11) is 1.32. The highest BCUT2D eigenvalue weighted by Gasteiger charge is 2.16. The maximum absolute atomic E-state index is 12.0. The molecule has 0 aliphatic heterocycles. The maximum atomic E-state index is 12.0. The molecule has 0 aliphatic carbocycles. The Labute approximate surface area is 133 Å². The molecule has 5 nitrogen and oxygen atoms in total. The van der Waals surface area contributed by atoms with Gasteiger partial charge in [0.1, 0.15) is 4.88 Å². The number of carbonyl (C=O) groups is 2. The first-order chi connectivity index (χ1) is 10.5. The predicted molar refractivity (Wildman–Crippen MR) is 86.3 cm³/mol. The highest BCUT2D eigenvalue weighted by molar-refractivity contribution is 7.17. The van der Waals surface area contributed by atoms with Crippen molar-refractivity contribution in [2.45, 2.75) is 26.7 Å². The molecule has 2 rings (SSSR count). The van der Waals surface area contributed by atoms with Crippen LogP contribution in [0, 0.1) is 13.8 Å². The van der Waals surface area contributed by atoms with Crippen LogP contribution in [0.2, 0.25) is 0 Å². The van der Waals surface area contributed by atoms with Crippen LogP contribution >= 0.6 is 11.3 Å². The Bertz CT molecular complexity index is 677. The molecule has 1 aromatic carbocycles. The summed E-state index contributed by atoms with van der Waals surface area (Å²) in [4.78, 5) is 28.0. The molecule has 0 bridgehead atoms. The van der Waals surface area contributed by atoms with Gasteiger partial charge in [0.25, 0.3) is 0 Å². The Kier molecular flexibility index (Phi) is 5.27. The van der Waals surface area contributed by atoms with Crippen LogP contribution in [0.1, 0.15) is 32.9 Å². The number of esters is 1. The number of thiazole rings is 1. The molecule has 0 aliphatic rings. The number of aromatic nitrogens is 1. The van der Waals surface area contributed by atoms with Crippen molar-refractivity contribution < 1.29 is 14.3 Å². The van der Waals surface area contributed by atoms with Gasteiger partial charge in [-0.05, 0) is 25.8 Å². The Balaban J connectivity index is 1.92. The Morgan fingerprint density at radius 1 is 1.23 bits per heavy atom. The number of rotatable bonds is 5. The molecule has 0 atom stereocenters. The van der Waals surface area contributed by atoms with Crippen molar-refractivity contribution in [2.24, 2.45) is 0 Å². The smallest absolute Gasteiger partial charge is 0.350 e. The third-order valence-corrected chi connectivity index (χ3v) is 4.23. The standard InChI is InChI=1S/C16H18N2O3S/c1-10-4-6-12(7-5-10)8-9-13(19)18-16-17-11(2)14(22-16)15(20)21-3/h4-7H,8-9H2,1-3H3,(H,17,18,19). The van der Waals surface area contributed by atoms with E-state index in [1.165, 1.54) is 12.7 Å². The number of anilines is 1. The van der Waals surface area contributed by atoms with Gasteiger partial charge in [0.2, 0.25) is 5.91 Å². The summed E-state index contributed by atoms with van der Waals surface area (Å²) in [6.45, 7) is 3.74. The highest BCUT2D eigenvalue weighted by Crippen LogP contribution is 2.23. The molecule has 116 valence electrons. The average Bonchev–Trinajstić information content (AvgIpc) is 2.86. The zero-order chi connectivity index (χ0) is 16.1. The van der Waals surface area contributed by atoms with E-state index < -0.39 is 5.97 Å². The number of hydrogen-bond acceptors (Lipinski definition) is 5. The zero-order valence-corrected chi connectivity index (χ0v) is 13.6. The molecule has 2 aromatic rings. The molecule has 0 saturated heterocycles. The number of hydrogen-bond donors (Lipinski definition) is 1. The lowest BCUT2D eigenvalue weighted by Crippen LogP contribution is -2.12. The molecular weight excluding hydrogens is 300 g/mol. The van der Waals surface area contributed by atoms with E-state index in [0.29, 0.717) is 28.5 Å². The van der Waals surface area contributed by atoms with Gasteiger partial charge in [0.15, 0.2) is 5.13 Å². The van der Waals surface area contributed by atoms with Crippen molar-refractivity contribution >= 4 is 28.3 Å². The summed E-state index contributed by atoms with van der Waals surface area (Å²) in [6, 6.07) is 8.09. The van der Waals surface area contributed by atoms with E-state index in [9.17, 15) is 9.59 Å². The lowest BCUT2D eigenvalue weighted by Gasteiger charge is -2.02. The van der Waals surface area contributed by atoms with Gasteiger partial charge in [-0.15, -0.1) is 0 Å². The Hall–Kier alpha value is -2.21. The topological polar surface area (TPSA) is 68.3 Å². The van der Waals surface area contributed by atoms with Gasteiger partial charge >= 0.3 is 5.97 Å². The van der Waals surface area contributed by atoms with E-state index in [0.717, 1.165) is 16.9 Å². The fraction of sp³-hybridized carbons (Fsp3) is 0.312. The average molecular weight is 318 g/mol. The van der Waals surface area contributed by atoms with Crippen molar-refractivity contribution in [3.05, 3.63) is 46.0 Å². The van der Waals surface area contributed by atoms with Crippen LogP contribution < -0.4 is 5.32 Å². The van der Waals surface area contributed by atoms with E-state index in [1.807, 2.05) is 31.2 Å². The summed E-state index contributed by atoms with van der Waals surface area (Å²) in [6.07, 6.45) is 1.04. The third-order valence-electron chi connectivity index (χ3n) is 3.18. The molecule has 0 saturated carbocycles. The van der Waals surface area contributed by atoms with Gasteiger partial charge in [-0.3, -0.25) is 4.79 Å². The van der Waals surface area contributed by atoms with Crippen LogP contribution in [0.25, 0.3) is 0 Å². The van der Waals surface area contributed by atoms with Gasteiger partial charge in [-0.2, -0.15) is 0 Å². The van der Waals surface area contributed by atoms with Gasteiger partial charge in [-0.25, -0.2) is 9.78 Å². The van der Waals surface area contributed by atoms with Gasteiger partial charge in [0.05, 0.1) is 12.8 Å². The molecule has 1 heterocycles. The molecule has 1 aromatic heterocycles. The van der Waals surface area contributed by atoms with E-state index in [1.54, 1.807) is 6.92 Å².